The van der Waals surface area contributed by atoms with Crippen LogP contribution in [0.1, 0.15) is 21.6 Å². The summed E-state index contributed by atoms with van der Waals surface area (Å²) < 4.78 is 38.6. The minimum absolute atomic E-state index is 0.0242. The van der Waals surface area contributed by atoms with Gasteiger partial charge in [-0.05, 0) is 29.3 Å². The van der Waals surface area contributed by atoms with Gasteiger partial charge in [0.25, 0.3) is 5.91 Å². The van der Waals surface area contributed by atoms with Crippen molar-refractivity contribution in [1.82, 2.24) is 14.7 Å². The quantitative estimate of drug-likeness (QED) is 0.809. The fraction of sp³-hybridized carbons (Fsp3) is 0.286. The highest BCUT2D eigenvalue weighted by atomic mass is 79.9. The summed E-state index contributed by atoms with van der Waals surface area (Å²) in [6.07, 6.45) is -3.19. The molecule has 8 heteroatoms. The van der Waals surface area contributed by atoms with Gasteiger partial charge in [-0.15, -0.1) is 0 Å². The minimum atomic E-state index is -4.36. The molecule has 0 fully saturated rings. The van der Waals surface area contributed by atoms with E-state index in [4.69, 9.17) is 0 Å². The van der Waals surface area contributed by atoms with Gasteiger partial charge in [0.1, 0.15) is 12.2 Å². The molecule has 22 heavy (non-hydrogen) atoms. The van der Waals surface area contributed by atoms with Crippen molar-refractivity contribution in [3.05, 3.63) is 51.8 Å². The van der Waals surface area contributed by atoms with Crippen LogP contribution in [0.15, 0.2) is 34.9 Å². The molecule has 1 aromatic heterocycles. The Bertz CT molecular complexity index is 726. The summed E-state index contributed by atoms with van der Waals surface area (Å²) in [5, 5.41) is 3.72. The maximum absolute atomic E-state index is 12.3. The molecule has 0 saturated heterocycles. The molecule has 0 saturated carbocycles. The predicted molar refractivity (Wildman–Crippen MR) is 76.0 cm³/mol. The van der Waals surface area contributed by atoms with Gasteiger partial charge in [-0.2, -0.15) is 18.3 Å². The molecule has 0 spiro atoms. The zero-order valence-corrected chi connectivity index (χ0v) is 12.9. The molecule has 1 aliphatic rings. The van der Waals surface area contributed by atoms with Crippen molar-refractivity contribution in [2.75, 3.05) is 0 Å². The number of halogens is 4. The number of hydrogen-bond donors (Lipinski definition) is 0. The van der Waals surface area contributed by atoms with Crippen LogP contribution >= 0.6 is 15.9 Å². The largest absolute Gasteiger partial charge is 0.408 e. The van der Waals surface area contributed by atoms with E-state index < -0.39 is 12.7 Å². The first-order chi connectivity index (χ1) is 10.3. The highest BCUT2D eigenvalue weighted by molar-refractivity contribution is 9.10. The summed E-state index contributed by atoms with van der Waals surface area (Å²) in [4.78, 5) is 13.9. The average molecular weight is 374 g/mol. The van der Waals surface area contributed by atoms with Crippen LogP contribution in [0.4, 0.5) is 13.2 Å². The fourth-order valence-corrected chi connectivity index (χ4v) is 2.82. The van der Waals surface area contributed by atoms with E-state index in [1.807, 2.05) is 18.2 Å². The Morgan fingerprint density at radius 3 is 2.68 bits per heavy atom. The van der Waals surface area contributed by atoms with Crippen molar-refractivity contribution in [3.8, 4) is 0 Å². The molecule has 116 valence electrons. The summed E-state index contributed by atoms with van der Waals surface area (Å²) in [5.74, 6) is -0.367. The Kier molecular flexibility index (Phi) is 3.72. The Balaban J connectivity index is 1.73. The van der Waals surface area contributed by atoms with Gasteiger partial charge in [0.05, 0.1) is 0 Å². The number of nitrogens with zero attached hydrogens (tertiary/aromatic N) is 3. The van der Waals surface area contributed by atoms with E-state index in [0.29, 0.717) is 13.1 Å². The van der Waals surface area contributed by atoms with Crippen LogP contribution in [0, 0.1) is 0 Å². The van der Waals surface area contributed by atoms with Crippen LogP contribution in [0.2, 0.25) is 0 Å². The lowest BCUT2D eigenvalue weighted by molar-refractivity contribution is -0.142. The van der Waals surface area contributed by atoms with Crippen LogP contribution in [0.25, 0.3) is 0 Å². The Morgan fingerprint density at radius 2 is 1.95 bits per heavy atom. The zero-order chi connectivity index (χ0) is 15.9. The lowest BCUT2D eigenvalue weighted by Crippen LogP contribution is -2.26. The second kappa shape index (κ2) is 5.42. The topological polar surface area (TPSA) is 38.1 Å². The fourth-order valence-electron chi connectivity index (χ4n) is 2.42. The number of fused-ring (bicyclic) bond motifs is 1. The zero-order valence-electron chi connectivity index (χ0n) is 11.3. The Morgan fingerprint density at radius 1 is 1.23 bits per heavy atom. The molecular formula is C14H11BrF3N3O. The van der Waals surface area contributed by atoms with Gasteiger partial charge in [0.15, 0.2) is 0 Å². The molecule has 2 heterocycles. The first kappa shape index (κ1) is 15.1. The van der Waals surface area contributed by atoms with Gasteiger partial charge in [0, 0.05) is 23.8 Å². The lowest BCUT2D eigenvalue weighted by Gasteiger charge is -2.13. The van der Waals surface area contributed by atoms with Gasteiger partial charge in [-0.3, -0.25) is 9.48 Å². The maximum atomic E-state index is 12.3. The predicted octanol–water partition coefficient (Wildman–Crippen LogP) is 3.36. The van der Waals surface area contributed by atoms with E-state index in [1.165, 1.54) is 12.3 Å². The Hall–Kier alpha value is -1.83. The number of rotatable bonds is 2. The lowest BCUT2D eigenvalue weighted by atomic mass is 10.1. The van der Waals surface area contributed by atoms with E-state index in [9.17, 15) is 18.0 Å². The molecule has 0 aliphatic carbocycles. The third-order valence-corrected chi connectivity index (χ3v) is 3.87. The molecule has 0 radical (unpaired) electrons. The first-order valence-corrected chi connectivity index (χ1v) is 7.28. The van der Waals surface area contributed by atoms with Crippen molar-refractivity contribution in [2.45, 2.75) is 25.8 Å². The van der Waals surface area contributed by atoms with Gasteiger partial charge in [-0.25, -0.2) is 0 Å². The number of benzene rings is 1. The Labute approximate surface area is 132 Å². The van der Waals surface area contributed by atoms with Crippen LogP contribution in [-0.4, -0.2) is 26.8 Å². The number of aromatic nitrogens is 2. The SMILES string of the molecule is O=C(c1ccn(CC(F)(F)F)n1)N1Cc2ccc(Br)cc2C1. The number of alkyl halides is 3. The standard InChI is InChI=1S/C14H11BrF3N3O/c15-11-2-1-9-6-20(7-10(9)5-11)13(22)12-3-4-21(19-12)8-14(16,17)18/h1-5H,6-8H2. The molecular weight excluding hydrogens is 363 g/mol. The van der Waals surface area contributed by atoms with Gasteiger partial charge < -0.3 is 4.90 Å². The van der Waals surface area contributed by atoms with Crippen molar-refractivity contribution in [2.24, 2.45) is 0 Å². The van der Waals surface area contributed by atoms with Gasteiger partial charge in [0.2, 0.25) is 0 Å². The highest BCUT2D eigenvalue weighted by Crippen LogP contribution is 2.27. The third-order valence-electron chi connectivity index (χ3n) is 3.38. The third kappa shape index (κ3) is 3.16. The summed E-state index contributed by atoms with van der Waals surface area (Å²) in [5.41, 5.74) is 2.08. The average Bonchev–Trinajstić information content (AvgIpc) is 3.02. The number of hydrogen-bond acceptors (Lipinski definition) is 2. The van der Waals surface area contributed by atoms with E-state index >= 15 is 0 Å². The molecule has 1 aromatic carbocycles. The molecule has 1 amide bonds. The van der Waals surface area contributed by atoms with E-state index in [-0.39, 0.29) is 11.6 Å². The van der Waals surface area contributed by atoms with E-state index in [1.54, 1.807) is 4.90 Å². The van der Waals surface area contributed by atoms with E-state index in [0.717, 1.165) is 20.3 Å². The monoisotopic (exact) mass is 373 g/mol. The minimum Gasteiger partial charge on any atom is -0.329 e. The number of carbonyl (C=O) groups excluding carboxylic acids is 1. The summed E-state index contributed by atoms with van der Waals surface area (Å²) >= 11 is 3.37. The molecule has 4 nitrogen and oxygen atoms in total. The second-order valence-corrected chi connectivity index (χ2v) is 6.00. The van der Waals surface area contributed by atoms with Crippen LogP contribution in [-0.2, 0) is 19.6 Å². The number of carbonyl (C=O) groups is 1. The summed E-state index contributed by atoms with van der Waals surface area (Å²) in [7, 11) is 0. The van der Waals surface area contributed by atoms with Crippen molar-refractivity contribution >= 4 is 21.8 Å². The van der Waals surface area contributed by atoms with Gasteiger partial charge >= 0.3 is 6.18 Å². The normalized spacial score (nSPS) is 14.3. The summed E-state index contributed by atoms with van der Waals surface area (Å²) in [6.45, 7) is -0.333. The van der Waals surface area contributed by atoms with Crippen LogP contribution in [0.3, 0.4) is 0 Å². The van der Waals surface area contributed by atoms with Gasteiger partial charge in [-0.1, -0.05) is 22.0 Å². The van der Waals surface area contributed by atoms with Crippen LogP contribution < -0.4 is 0 Å². The van der Waals surface area contributed by atoms with Crippen molar-refractivity contribution in [1.29, 1.82) is 0 Å². The molecule has 2 aromatic rings. The van der Waals surface area contributed by atoms with Crippen LogP contribution in [0.5, 0.6) is 0 Å². The molecule has 0 bridgehead atoms. The van der Waals surface area contributed by atoms with Crippen molar-refractivity contribution in [3.63, 3.8) is 0 Å². The molecule has 0 N–H and O–H groups in total. The molecule has 3 rings (SSSR count). The van der Waals surface area contributed by atoms with E-state index in [2.05, 4.69) is 21.0 Å². The number of amides is 1. The molecule has 0 unspecified atom stereocenters. The summed E-state index contributed by atoms with van der Waals surface area (Å²) in [6, 6.07) is 7.07. The smallest absolute Gasteiger partial charge is 0.329 e. The maximum Gasteiger partial charge on any atom is 0.408 e. The van der Waals surface area contributed by atoms with Crippen molar-refractivity contribution < 1.29 is 18.0 Å². The first-order valence-electron chi connectivity index (χ1n) is 6.48. The molecule has 1 aliphatic heterocycles. The highest BCUT2D eigenvalue weighted by Gasteiger charge is 2.30. The molecule has 0 atom stereocenters. The second-order valence-electron chi connectivity index (χ2n) is 5.09.